The third-order valence-electron chi connectivity index (χ3n) is 3.91. The Morgan fingerprint density at radius 3 is 2.58 bits per heavy atom. The first-order valence-corrected chi connectivity index (χ1v) is 7.71. The van der Waals surface area contributed by atoms with Gasteiger partial charge in [0.1, 0.15) is 6.61 Å². The van der Waals surface area contributed by atoms with Gasteiger partial charge in [0.05, 0.1) is 7.11 Å². The van der Waals surface area contributed by atoms with Gasteiger partial charge < -0.3 is 14.2 Å². The fourth-order valence-electron chi connectivity index (χ4n) is 2.26. The van der Waals surface area contributed by atoms with E-state index in [1.54, 1.807) is 32.1 Å². The number of esters is 1. The first kappa shape index (κ1) is 17.8. The highest BCUT2D eigenvalue weighted by atomic mass is 16.6. The molecule has 1 unspecified atom stereocenters. The Morgan fingerprint density at radius 1 is 1.29 bits per heavy atom. The van der Waals surface area contributed by atoms with Gasteiger partial charge in [-0.1, -0.05) is 12.2 Å². The topological polar surface area (TPSA) is 61.8 Å². The predicted octanol–water partition coefficient (Wildman–Crippen LogP) is 3.57. The molecule has 0 amide bonds. The lowest BCUT2D eigenvalue weighted by Crippen LogP contribution is -2.38. The number of ether oxygens (including phenoxy) is 3. The summed E-state index contributed by atoms with van der Waals surface area (Å²) >= 11 is 0. The second kappa shape index (κ2) is 6.91. The molecule has 0 fully saturated rings. The number of allylic oxidation sites excluding steroid dienone is 1. The number of hydrogen-bond acceptors (Lipinski definition) is 5. The number of rotatable bonds is 5. The second-order valence-electron chi connectivity index (χ2n) is 5.95. The van der Waals surface area contributed by atoms with Crippen LogP contribution in [0.1, 0.15) is 43.6 Å². The minimum Gasteiger partial charge on any atom is -0.493 e. The molecule has 128 valence electrons. The summed E-state index contributed by atoms with van der Waals surface area (Å²) in [7, 11) is 1.52. The minimum atomic E-state index is -0.804. The van der Waals surface area contributed by atoms with Gasteiger partial charge in [0.25, 0.3) is 0 Å². The smallest absolute Gasteiger partial charge is 0.333 e. The van der Waals surface area contributed by atoms with Crippen LogP contribution in [0.4, 0.5) is 0 Å². The Balaban J connectivity index is 2.25. The average Bonchev–Trinajstić information content (AvgIpc) is 2.57. The molecule has 0 spiro atoms. The summed E-state index contributed by atoms with van der Waals surface area (Å²) in [4.78, 5) is 23.4. The fraction of sp³-hybridized carbons (Fsp3) is 0.368. The lowest BCUT2D eigenvalue weighted by molar-refractivity contribution is -0.143. The maximum atomic E-state index is 11.8. The Morgan fingerprint density at radius 2 is 2.00 bits per heavy atom. The van der Waals surface area contributed by atoms with Gasteiger partial charge in [0.15, 0.2) is 22.9 Å². The van der Waals surface area contributed by atoms with E-state index in [1.807, 2.05) is 19.1 Å². The summed E-state index contributed by atoms with van der Waals surface area (Å²) in [6.45, 7) is 6.88. The Kier molecular flexibility index (Phi) is 5.12. The number of ketones is 1. The molecular formula is C19H22O5. The van der Waals surface area contributed by atoms with Crippen LogP contribution >= 0.6 is 0 Å². The van der Waals surface area contributed by atoms with Crippen molar-refractivity contribution >= 4 is 17.8 Å². The van der Waals surface area contributed by atoms with Crippen LogP contribution in [-0.2, 0) is 9.53 Å². The SMILES string of the molecule is C/C=C(\C)C(=O)OCC1(C)C=Cc2cc(C(C)=O)cc(OC)c2O1. The first-order chi connectivity index (χ1) is 11.3. The van der Waals surface area contributed by atoms with Gasteiger partial charge in [-0.05, 0) is 45.9 Å². The van der Waals surface area contributed by atoms with Gasteiger partial charge in [0, 0.05) is 16.7 Å². The maximum absolute atomic E-state index is 11.8. The van der Waals surface area contributed by atoms with Crippen molar-refractivity contribution in [3.63, 3.8) is 0 Å². The summed E-state index contributed by atoms with van der Waals surface area (Å²) in [5.41, 5.74) is 1.05. The van der Waals surface area contributed by atoms with E-state index in [2.05, 4.69) is 0 Å². The maximum Gasteiger partial charge on any atom is 0.333 e. The molecule has 0 radical (unpaired) electrons. The monoisotopic (exact) mass is 330 g/mol. The fourth-order valence-corrected chi connectivity index (χ4v) is 2.26. The van der Waals surface area contributed by atoms with E-state index < -0.39 is 5.60 Å². The van der Waals surface area contributed by atoms with Crippen molar-refractivity contribution in [2.75, 3.05) is 13.7 Å². The second-order valence-corrected chi connectivity index (χ2v) is 5.95. The van der Waals surface area contributed by atoms with Gasteiger partial charge >= 0.3 is 5.97 Å². The van der Waals surface area contributed by atoms with E-state index in [1.165, 1.54) is 14.0 Å². The standard InChI is InChI=1S/C19H22O5/c1-6-12(2)18(21)23-11-19(4)8-7-14-9-15(13(3)20)10-16(22-5)17(14)24-19/h6-10H,11H2,1-5H3/b12-6+. The van der Waals surface area contributed by atoms with Crippen LogP contribution in [0.25, 0.3) is 6.08 Å². The highest BCUT2D eigenvalue weighted by Gasteiger charge is 2.31. The Hall–Kier alpha value is -2.56. The van der Waals surface area contributed by atoms with Crippen molar-refractivity contribution in [2.24, 2.45) is 0 Å². The molecule has 24 heavy (non-hydrogen) atoms. The largest absolute Gasteiger partial charge is 0.493 e. The molecule has 0 saturated heterocycles. The molecule has 0 aromatic heterocycles. The van der Waals surface area contributed by atoms with Crippen LogP contribution < -0.4 is 9.47 Å². The Bertz CT molecular complexity index is 730. The number of carbonyl (C=O) groups excluding carboxylic acids is 2. The number of benzene rings is 1. The summed E-state index contributed by atoms with van der Waals surface area (Å²) in [6.07, 6.45) is 5.37. The number of fused-ring (bicyclic) bond motifs is 1. The van der Waals surface area contributed by atoms with E-state index in [0.29, 0.717) is 22.6 Å². The summed E-state index contributed by atoms with van der Waals surface area (Å²) in [5, 5.41) is 0. The molecule has 0 bridgehead atoms. The van der Waals surface area contributed by atoms with Gasteiger partial charge in [-0.15, -0.1) is 0 Å². The van der Waals surface area contributed by atoms with E-state index in [-0.39, 0.29) is 18.4 Å². The molecule has 5 nitrogen and oxygen atoms in total. The molecule has 1 aliphatic heterocycles. The summed E-state index contributed by atoms with van der Waals surface area (Å²) < 4.78 is 16.7. The summed E-state index contributed by atoms with van der Waals surface area (Å²) in [5.74, 6) is 0.588. The van der Waals surface area contributed by atoms with Crippen molar-refractivity contribution in [3.8, 4) is 11.5 Å². The molecular weight excluding hydrogens is 308 g/mol. The number of carbonyl (C=O) groups is 2. The van der Waals surface area contributed by atoms with E-state index in [4.69, 9.17) is 14.2 Å². The zero-order valence-corrected chi connectivity index (χ0v) is 14.6. The van der Waals surface area contributed by atoms with Crippen LogP contribution in [-0.4, -0.2) is 31.1 Å². The van der Waals surface area contributed by atoms with Crippen LogP contribution in [0.15, 0.2) is 29.9 Å². The molecule has 0 saturated carbocycles. The van der Waals surface area contributed by atoms with Gasteiger partial charge in [-0.25, -0.2) is 4.79 Å². The quantitative estimate of drug-likeness (QED) is 0.469. The number of hydrogen-bond donors (Lipinski definition) is 0. The first-order valence-electron chi connectivity index (χ1n) is 7.71. The molecule has 0 aliphatic carbocycles. The molecule has 0 N–H and O–H groups in total. The van der Waals surface area contributed by atoms with Crippen LogP contribution in [0, 0.1) is 0 Å². The van der Waals surface area contributed by atoms with Crippen molar-refractivity contribution in [2.45, 2.75) is 33.3 Å². The van der Waals surface area contributed by atoms with Gasteiger partial charge in [-0.3, -0.25) is 4.79 Å². The highest BCUT2D eigenvalue weighted by Crippen LogP contribution is 2.40. The normalized spacial score (nSPS) is 19.3. The molecule has 1 atom stereocenters. The molecule has 1 aromatic carbocycles. The minimum absolute atomic E-state index is 0.0476. The molecule has 1 aliphatic rings. The van der Waals surface area contributed by atoms with E-state index >= 15 is 0 Å². The van der Waals surface area contributed by atoms with Crippen molar-refractivity contribution in [3.05, 3.63) is 41.0 Å². The van der Waals surface area contributed by atoms with Gasteiger partial charge in [0.2, 0.25) is 0 Å². The zero-order valence-electron chi connectivity index (χ0n) is 14.6. The lowest BCUT2D eigenvalue weighted by atomic mass is 9.98. The van der Waals surface area contributed by atoms with Crippen LogP contribution in [0.2, 0.25) is 0 Å². The molecule has 5 heteroatoms. The molecule has 1 aromatic rings. The highest BCUT2D eigenvalue weighted by molar-refractivity contribution is 5.96. The third kappa shape index (κ3) is 3.67. The third-order valence-corrected chi connectivity index (χ3v) is 3.91. The molecule has 1 heterocycles. The van der Waals surface area contributed by atoms with E-state index in [9.17, 15) is 9.59 Å². The summed E-state index contributed by atoms with van der Waals surface area (Å²) in [6, 6.07) is 3.41. The number of Topliss-reactive ketones (excluding diaryl/α,β-unsaturated/α-hetero) is 1. The van der Waals surface area contributed by atoms with Crippen LogP contribution in [0.3, 0.4) is 0 Å². The number of methoxy groups -OCH3 is 1. The average molecular weight is 330 g/mol. The zero-order chi connectivity index (χ0) is 17.9. The lowest BCUT2D eigenvalue weighted by Gasteiger charge is -2.32. The van der Waals surface area contributed by atoms with Gasteiger partial charge in [-0.2, -0.15) is 0 Å². The predicted molar refractivity (Wildman–Crippen MR) is 91.5 cm³/mol. The van der Waals surface area contributed by atoms with E-state index in [0.717, 1.165) is 5.56 Å². The van der Waals surface area contributed by atoms with Crippen molar-refractivity contribution in [1.29, 1.82) is 0 Å². The van der Waals surface area contributed by atoms with Crippen molar-refractivity contribution in [1.82, 2.24) is 0 Å². The van der Waals surface area contributed by atoms with Crippen LogP contribution in [0.5, 0.6) is 11.5 Å². The Labute approximate surface area is 141 Å². The van der Waals surface area contributed by atoms with Crippen molar-refractivity contribution < 1.29 is 23.8 Å². The molecule has 2 rings (SSSR count).